The van der Waals surface area contributed by atoms with E-state index in [9.17, 15) is 18.9 Å². The molecule has 138 valence electrons. The van der Waals surface area contributed by atoms with Crippen molar-refractivity contribution in [3.8, 4) is 5.75 Å². The number of alkyl halides is 2. The van der Waals surface area contributed by atoms with Gasteiger partial charge in [0.05, 0.1) is 4.92 Å². The fraction of sp³-hybridized carbons (Fsp3) is 0.647. The van der Waals surface area contributed by atoms with E-state index in [0.717, 1.165) is 39.0 Å². The van der Waals surface area contributed by atoms with Crippen LogP contribution in [0.25, 0.3) is 0 Å². The van der Waals surface area contributed by atoms with Gasteiger partial charge in [0.25, 0.3) is 0 Å². The van der Waals surface area contributed by atoms with Crippen molar-refractivity contribution < 1.29 is 18.4 Å². The summed E-state index contributed by atoms with van der Waals surface area (Å²) in [6.45, 7) is 0.803. The highest BCUT2D eigenvalue weighted by Crippen LogP contribution is 2.42. The van der Waals surface area contributed by atoms with Gasteiger partial charge in [-0.15, -0.1) is 0 Å². The molecule has 25 heavy (non-hydrogen) atoms. The number of rotatable bonds is 4. The number of piperidine rings is 2. The van der Waals surface area contributed by atoms with Crippen LogP contribution in [0.1, 0.15) is 25.7 Å². The summed E-state index contributed by atoms with van der Waals surface area (Å²) in [5, 5.41) is 11.0. The molecular weight excluding hydrogens is 332 g/mol. The molecule has 3 rings (SSSR count). The van der Waals surface area contributed by atoms with E-state index < -0.39 is 17.2 Å². The molecule has 0 saturated carbocycles. The zero-order valence-corrected chi connectivity index (χ0v) is 14.3. The second kappa shape index (κ2) is 7.11. The normalized spacial score (nSPS) is 20.9. The minimum Gasteiger partial charge on any atom is -0.427 e. The van der Waals surface area contributed by atoms with E-state index in [4.69, 9.17) is 0 Å². The molecule has 2 fully saturated rings. The van der Waals surface area contributed by atoms with Gasteiger partial charge in [0.2, 0.25) is 5.75 Å². The average Bonchev–Trinajstić information content (AvgIpc) is 2.58. The number of nitro benzene ring substituents is 1. The Kier molecular flexibility index (Phi) is 5.08. The van der Waals surface area contributed by atoms with E-state index in [-0.39, 0.29) is 5.75 Å². The molecule has 0 N–H and O–H groups in total. The van der Waals surface area contributed by atoms with Crippen LogP contribution in [0, 0.1) is 15.5 Å². The van der Waals surface area contributed by atoms with Crippen LogP contribution < -0.4 is 9.64 Å². The van der Waals surface area contributed by atoms with Gasteiger partial charge >= 0.3 is 12.3 Å². The molecule has 1 spiro atoms. The summed E-state index contributed by atoms with van der Waals surface area (Å²) in [5.74, 6) is -0.378. The molecule has 6 nitrogen and oxygen atoms in total. The first-order valence-corrected chi connectivity index (χ1v) is 8.55. The molecule has 8 heteroatoms. The van der Waals surface area contributed by atoms with Gasteiger partial charge in [-0.1, -0.05) is 0 Å². The molecule has 0 aliphatic carbocycles. The van der Waals surface area contributed by atoms with Crippen LogP contribution in [-0.4, -0.2) is 49.7 Å². The number of hydrogen-bond donors (Lipinski definition) is 0. The lowest BCUT2D eigenvalue weighted by molar-refractivity contribution is -0.386. The topological polar surface area (TPSA) is 58.9 Å². The number of nitro groups is 1. The Balaban J connectivity index is 1.71. The third kappa shape index (κ3) is 4.00. The third-order valence-corrected chi connectivity index (χ3v) is 5.59. The first kappa shape index (κ1) is 17.8. The van der Waals surface area contributed by atoms with Crippen molar-refractivity contribution in [2.45, 2.75) is 32.3 Å². The molecule has 2 aliphatic rings. The summed E-state index contributed by atoms with van der Waals surface area (Å²) >= 11 is 0. The smallest absolute Gasteiger partial charge is 0.387 e. The highest BCUT2D eigenvalue weighted by atomic mass is 19.3. The predicted octanol–water partition coefficient (Wildman–Crippen LogP) is 3.51. The summed E-state index contributed by atoms with van der Waals surface area (Å²) in [6.07, 6.45) is 4.50. The lowest BCUT2D eigenvalue weighted by Gasteiger charge is -2.46. The van der Waals surface area contributed by atoms with Crippen molar-refractivity contribution in [1.82, 2.24) is 4.90 Å². The number of nitrogens with zero attached hydrogens (tertiary/aromatic N) is 3. The number of hydrogen-bond acceptors (Lipinski definition) is 5. The predicted molar refractivity (Wildman–Crippen MR) is 90.3 cm³/mol. The number of anilines is 1. The van der Waals surface area contributed by atoms with Crippen molar-refractivity contribution in [2.24, 2.45) is 5.41 Å². The largest absolute Gasteiger partial charge is 0.427 e. The lowest BCUT2D eigenvalue weighted by Crippen LogP contribution is -2.46. The van der Waals surface area contributed by atoms with Crippen LogP contribution in [0.4, 0.5) is 20.2 Å². The Labute approximate surface area is 145 Å². The van der Waals surface area contributed by atoms with Gasteiger partial charge in [0, 0.05) is 30.9 Å². The Bertz CT molecular complexity index is 624. The van der Waals surface area contributed by atoms with Crippen LogP contribution in [0.3, 0.4) is 0 Å². The minimum atomic E-state index is -3.09. The maximum Gasteiger partial charge on any atom is 0.387 e. The minimum absolute atomic E-state index is 0.378. The van der Waals surface area contributed by atoms with E-state index in [0.29, 0.717) is 11.1 Å². The molecule has 1 aromatic rings. The van der Waals surface area contributed by atoms with Crippen molar-refractivity contribution in [3.05, 3.63) is 28.3 Å². The maximum atomic E-state index is 12.5. The number of benzene rings is 1. The van der Waals surface area contributed by atoms with Crippen LogP contribution in [-0.2, 0) is 0 Å². The summed E-state index contributed by atoms with van der Waals surface area (Å²) in [4.78, 5) is 14.7. The van der Waals surface area contributed by atoms with Gasteiger partial charge < -0.3 is 14.5 Å². The van der Waals surface area contributed by atoms with Gasteiger partial charge in [0.1, 0.15) is 0 Å². The Morgan fingerprint density at radius 2 is 1.76 bits per heavy atom. The average molecular weight is 355 g/mol. The third-order valence-electron chi connectivity index (χ3n) is 5.59. The molecular formula is C17H23F2N3O3. The SMILES string of the molecule is CN1CCC2(CC1)CCN(c1ccc([N+](=O)[O-])c(OC(F)F)c1)CC2. The summed E-state index contributed by atoms with van der Waals surface area (Å²) in [5.41, 5.74) is 0.642. The molecule has 2 heterocycles. The molecule has 1 aromatic carbocycles. The van der Waals surface area contributed by atoms with Crippen molar-refractivity contribution in [1.29, 1.82) is 0 Å². The first-order valence-electron chi connectivity index (χ1n) is 8.55. The Morgan fingerprint density at radius 1 is 1.16 bits per heavy atom. The van der Waals surface area contributed by atoms with Crippen LogP contribution in [0.15, 0.2) is 18.2 Å². The van der Waals surface area contributed by atoms with Gasteiger partial charge in [0.15, 0.2) is 0 Å². The van der Waals surface area contributed by atoms with E-state index in [1.54, 1.807) is 6.07 Å². The standard InChI is InChI=1S/C17H23F2N3O3/c1-20-8-4-17(5-9-20)6-10-21(11-7-17)13-2-3-14(22(23)24)15(12-13)25-16(18)19/h2-3,12,16H,4-11H2,1H3. The Hall–Kier alpha value is -1.96. The molecule has 0 unspecified atom stereocenters. The van der Waals surface area contributed by atoms with Gasteiger partial charge in [-0.3, -0.25) is 10.1 Å². The number of likely N-dealkylation sites (tertiary alicyclic amines) is 1. The van der Waals surface area contributed by atoms with Gasteiger partial charge in [-0.05, 0) is 57.3 Å². The second-order valence-electron chi connectivity index (χ2n) is 7.08. The molecule has 0 bridgehead atoms. The van der Waals surface area contributed by atoms with Crippen LogP contribution >= 0.6 is 0 Å². The van der Waals surface area contributed by atoms with Gasteiger partial charge in [-0.25, -0.2) is 0 Å². The van der Waals surface area contributed by atoms with Gasteiger partial charge in [-0.2, -0.15) is 8.78 Å². The molecule has 0 amide bonds. The van der Waals surface area contributed by atoms with Crippen LogP contribution in [0.2, 0.25) is 0 Å². The second-order valence-corrected chi connectivity index (χ2v) is 7.08. The Morgan fingerprint density at radius 3 is 2.32 bits per heavy atom. The summed E-state index contributed by atoms with van der Waals surface area (Å²) in [6, 6.07) is 4.22. The van der Waals surface area contributed by atoms with Crippen molar-refractivity contribution in [2.75, 3.05) is 38.1 Å². The van der Waals surface area contributed by atoms with Crippen LogP contribution in [0.5, 0.6) is 5.75 Å². The van der Waals surface area contributed by atoms with Crippen molar-refractivity contribution in [3.63, 3.8) is 0 Å². The molecule has 0 aromatic heterocycles. The molecule has 2 saturated heterocycles. The molecule has 0 radical (unpaired) electrons. The highest BCUT2D eigenvalue weighted by molar-refractivity contribution is 5.59. The fourth-order valence-corrected chi connectivity index (χ4v) is 3.87. The zero-order valence-electron chi connectivity index (χ0n) is 14.3. The zero-order chi connectivity index (χ0) is 18.0. The molecule has 2 aliphatic heterocycles. The molecule has 0 atom stereocenters. The number of halogens is 2. The quantitative estimate of drug-likeness (QED) is 0.611. The maximum absolute atomic E-state index is 12.5. The van der Waals surface area contributed by atoms with E-state index in [1.807, 2.05) is 0 Å². The summed E-state index contributed by atoms with van der Waals surface area (Å²) < 4.78 is 29.4. The monoisotopic (exact) mass is 355 g/mol. The summed E-state index contributed by atoms with van der Waals surface area (Å²) in [7, 11) is 2.14. The van der Waals surface area contributed by atoms with E-state index >= 15 is 0 Å². The lowest BCUT2D eigenvalue weighted by atomic mass is 9.71. The highest BCUT2D eigenvalue weighted by Gasteiger charge is 2.37. The first-order chi connectivity index (χ1) is 11.9. The van der Waals surface area contributed by atoms with E-state index in [2.05, 4.69) is 21.6 Å². The van der Waals surface area contributed by atoms with E-state index in [1.165, 1.54) is 25.0 Å². The fourth-order valence-electron chi connectivity index (χ4n) is 3.87. The number of ether oxygens (including phenoxy) is 1. The van der Waals surface area contributed by atoms with Crippen molar-refractivity contribution >= 4 is 11.4 Å².